The van der Waals surface area contributed by atoms with Crippen LogP contribution in [0, 0.1) is 5.92 Å². The van der Waals surface area contributed by atoms with Gasteiger partial charge in [0, 0.05) is 49.7 Å². The van der Waals surface area contributed by atoms with E-state index in [2.05, 4.69) is 9.80 Å². The van der Waals surface area contributed by atoms with Crippen LogP contribution in [0.25, 0.3) is 11.1 Å². The first kappa shape index (κ1) is 29.0. The Kier molecular flexibility index (Phi) is 8.22. The van der Waals surface area contributed by atoms with Crippen LogP contribution < -0.4 is 9.80 Å². The number of carbonyl (C=O) groups is 1. The summed E-state index contributed by atoms with van der Waals surface area (Å²) in [6.07, 6.45) is 8.74. The highest BCUT2D eigenvalue weighted by atomic mass is 35.5. The van der Waals surface area contributed by atoms with E-state index in [0.717, 1.165) is 69.4 Å². The number of fused-ring (bicyclic) bond motifs is 1. The van der Waals surface area contributed by atoms with Gasteiger partial charge in [-0.1, -0.05) is 55.1 Å². The normalized spacial score (nSPS) is 21.5. The number of carboxylic acid groups (broad SMARTS) is 1. The van der Waals surface area contributed by atoms with Gasteiger partial charge in [-0.15, -0.1) is 0 Å². The molecule has 42 heavy (non-hydrogen) atoms. The second-order valence-electron chi connectivity index (χ2n) is 11.8. The molecule has 9 heteroatoms. The zero-order valence-electron chi connectivity index (χ0n) is 24.0. The average molecular weight is 608 g/mol. The van der Waals surface area contributed by atoms with E-state index in [4.69, 9.17) is 11.6 Å². The van der Waals surface area contributed by atoms with E-state index >= 15 is 0 Å². The standard InChI is InChI=1S/C33H38ClN3O4S/c1-35-31(23-11-5-2-6-12-23)22-37(25-13-7-3-8-14-25)30-21-29(36-17-9-4-10-18-36)26(20-32(30)42(35,40)41)24-15-16-28(34)27(19-24)33(38)39/h3,7-8,13-16,19-21,23,31H,2,4-6,9-12,17-18,22H2,1H3,(H,38,39)/t31-/m0/s1. The Labute approximate surface area is 253 Å². The molecule has 2 heterocycles. The molecule has 6 rings (SSSR count). The van der Waals surface area contributed by atoms with Crippen LogP contribution in [0.4, 0.5) is 17.1 Å². The van der Waals surface area contributed by atoms with Crippen molar-refractivity contribution in [3.05, 3.63) is 71.2 Å². The Morgan fingerprint density at radius 1 is 0.881 bits per heavy atom. The number of anilines is 3. The van der Waals surface area contributed by atoms with Gasteiger partial charge in [-0.25, -0.2) is 13.2 Å². The third-order valence-electron chi connectivity index (χ3n) is 9.33. The van der Waals surface area contributed by atoms with E-state index in [1.807, 2.05) is 36.4 Å². The van der Waals surface area contributed by atoms with Gasteiger partial charge in [-0.2, -0.15) is 4.31 Å². The first-order chi connectivity index (χ1) is 20.3. The lowest BCUT2D eigenvalue weighted by atomic mass is 9.83. The summed E-state index contributed by atoms with van der Waals surface area (Å²) < 4.78 is 30.7. The van der Waals surface area contributed by atoms with Crippen molar-refractivity contribution in [2.45, 2.75) is 62.3 Å². The van der Waals surface area contributed by atoms with Gasteiger partial charge in [0.1, 0.15) is 4.90 Å². The van der Waals surface area contributed by atoms with Gasteiger partial charge in [0.15, 0.2) is 0 Å². The molecule has 0 bridgehead atoms. The number of carboxylic acids is 1. The molecule has 0 radical (unpaired) electrons. The van der Waals surface area contributed by atoms with Crippen LogP contribution >= 0.6 is 11.6 Å². The van der Waals surface area contributed by atoms with Crippen LogP contribution in [-0.4, -0.2) is 56.5 Å². The molecule has 0 unspecified atom stereocenters. The number of rotatable bonds is 5. The summed E-state index contributed by atoms with van der Waals surface area (Å²) in [6, 6.07) is 18.6. The van der Waals surface area contributed by atoms with Crippen molar-refractivity contribution in [2.75, 3.05) is 36.5 Å². The highest BCUT2D eigenvalue weighted by molar-refractivity contribution is 7.89. The predicted molar refractivity (Wildman–Crippen MR) is 169 cm³/mol. The van der Waals surface area contributed by atoms with Gasteiger partial charge in [-0.3, -0.25) is 0 Å². The Bertz CT molecular complexity index is 1570. The Morgan fingerprint density at radius 2 is 1.57 bits per heavy atom. The maximum Gasteiger partial charge on any atom is 0.337 e. The first-order valence-electron chi connectivity index (χ1n) is 15.0. The maximum absolute atomic E-state index is 14.5. The number of likely N-dealkylation sites (N-methyl/N-ethyl adjacent to an activating group) is 1. The van der Waals surface area contributed by atoms with Crippen LogP contribution in [0.15, 0.2) is 65.6 Å². The molecular weight excluding hydrogens is 570 g/mol. The molecule has 3 aliphatic rings. The third kappa shape index (κ3) is 5.40. The number of hydrogen-bond acceptors (Lipinski definition) is 5. The number of aromatic carboxylic acids is 1. The van der Waals surface area contributed by atoms with Crippen molar-refractivity contribution < 1.29 is 18.3 Å². The molecule has 1 N–H and O–H groups in total. The zero-order chi connectivity index (χ0) is 29.4. The van der Waals surface area contributed by atoms with E-state index in [0.29, 0.717) is 23.4 Å². The van der Waals surface area contributed by atoms with E-state index < -0.39 is 16.0 Å². The van der Waals surface area contributed by atoms with E-state index in [1.165, 1.54) is 6.42 Å². The number of hydrogen-bond donors (Lipinski definition) is 1. The van der Waals surface area contributed by atoms with E-state index in [1.54, 1.807) is 35.6 Å². The van der Waals surface area contributed by atoms with Crippen molar-refractivity contribution in [1.29, 1.82) is 0 Å². The fourth-order valence-corrected chi connectivity index (χ4v) is 8.81. The summed E-state index contributed by atoms with van der Waals surface area (Å²) >= 11 is 6.24. The van der Waals surface area contributed by atoms with Crippen molar-refractivity contribution in [3.63, 3.8) is 0 Å². The van der Waals surface area contributed by atoms with E-state index in [-0.39, 0.29) is 27.4 Å². The molecule has 2 aliphatic heterocycles. The quantitative estimate of drug-likeness (QED) is 0.325. The molecule has 1 aliphatic carbocycles. The third-order valence-corrected chi connectivity index (χ3v) is 11.6. The molecular formula is C33H38ClN3O4S. The number of halogens is 1. The lowest BCUT2D eigenvalue weighted by Gasteiger charge is -2.37. The smallest absolute Gasteiger partial charge is 0.337 e. The largest absolute Gasteiger partial charge is 0.478 e. The van der Waals surface area contributed by atoms with Gasteiger partial charge in [0.2, 0.25) is 10.0 Å². The lowest BCUT2D eigenvalue weighted by Crippen LogP contribution is -2.46. The fourth-order valence-electron chi connectivity index (χ4n) is 7.01. The topological polar surface area (TPSA) is 81.2 Å². The van der Waals surface area contributed by atoms with Crippen molar-refractivity contribution >= 4 is 44.7 Å². The highest BCUT2D eigenvalue weighted by Crippen LogP contribution is 2.46. The van der Waals surface area contributed by atoms with Gasteiger partial charge >= 0.3 is 5.97 Å². The molecule has 3 aromatic rings. The van der Waals surface area contributed by atoms with Gasteiger partial charge in [0.25, 0.3) is 0 Å². The maximum atomic E-state index is 14.5. The van der Waals surface area contributed by atoms with E-state index in [9.17, 15) is 18.3 Å². The number of sulfonamides is 1. The summed E-state index contributed by atoms with van der Waals surface area (Å²) in [5, 5.41) is 9.96. The SMILES string of the molecule is CN1[C@H](C2CCCCC2)CN(c2ccccc2)c2cc(N3CCCCC3)c(-c3ccc(Cl)c(C(=O)O)c3)cc2S1(=O)=O. The molecule has 0 spiro atoms. The molecule has 2 fully saturated rings. The zero-order valence-corrected chi connectivity index (χ0v) is 25.6. The first-order valence-corrected chi connectivity index (χ1v) is 16.8. The molecule has 1 saturated heterocycles. The van der Waals surface area contributed by atoms with Crippen LogP contribution in [0.1, 0.15) is 61.7 Å². The minimum absolute atomic E-state index is 0.00282. The molecule has 1 atom stereocenters. The molecule has 1 saturated carbocycles. The summed E-state index contributed by atoms with van der Waals surface area (Å²) in [7, 11) is -2.15. The molecule has 222 valence electrons. The molecule has 7 nitrogen and oxygen atoms in total. The summed E-state index contributed by atoms with van der Waals surface area (Å²) in [5.41, 5.74) is 3.89. The Hall–Kier alpha value is -3.07. The summed E-state index contributed by atoms with van der Waals surface area (Å²) in [4.78, 5) is 16.8. The monoisotopic (exact) mass is 607 g/mol. The number of piperidine rings is 1. The van der Waals surface area contributed by atoms with Gasteiger partial charge in [-0.05, 0) is 80.0 Å². The van der Waals surface area contributed by atoms with Crippen LogP contribution in [0.3, 0.4) is 0 Å². The number of para-hydroxylation sites is 1. The van der Waals surface area contributed by atoms with Crippen molar-refractivity contribution in [3.8, 4) is 11.1 Å². The lowest BCUT2D eigenvalue weighted by molar-refractivity contribution is 0.0697. The molecule has 0 amide bonds. The Morgan fingerprint density at radius 3 is 2.26 bits per heavy atom. The second-order valence-corrected chi connectivity index (χ2v) is 14.2. The van der Waals surface area contributed by atoms with Crippen LogP contribution in [0.2, 0.25) is 5.02 Å². The fraction of sp³-hybridized carbons (Fsp3) is 0.424. The van der Waals surface area contributed by atoms with Crippen molar-refractivity contribution in [2.24, 2.45) is 5.92 Å². The average Bonchev–Trinajstić information content (AvgIpc) is 3.10. The van der Waals surface area contributed by atoms with Gasteiger partial charge < -0.3 is 14.9 Å². The van der Waals surface area contributed by atoms with Crippen molar-refractivity contribution in [1.82, 2.24) is 4.31 Å². The number of nitrogens with zero attached hydrogens (tertiary/aromatic N) is 3. The van der Waals surface area contributed by atoms with Gasteiger partial charge in [0.05, 0.1) is 16.3 Å². The number of benzene rings is 3. The summed E-state index contributed by atoms with van der Waals surface area (Å²) in [6.45, 7) is 2.28. The minimum atomic E-state index is -3.88. The minimum Gasteiger partial charge on any atom is -0.478 e. The predicted octanol–water partition coefficient (Wildman–Crippen LogP) is 7.42. The van der Waals surface area contributed by atoms with Crippen LogP contribution in [-0.2, 0) is 10.0 Å². The summed E-state index contributed by atoms with van der Waals surface area (Å²) in [5.74, 6) is -0.830. The molecule has 0 aromatic heterocycles. The molecule has 3 aromatic carbocycles. The second kappa shape index (κ2) is 11.9. The Balaban J connectivity index is 1.60. The highest BCUT2D eigenvalue weighted by Gasteiger charge is 2.41. The van der Waals surface area contributed by atoms with Crippen LogP contribution in [0.5, 0.6) is 0 Å².